The molecule has 8 heteroatoms. The molecule has 34 heavy (non-hydrogen) atoms. The molecule has 0 saturated carbocycles. The number of nitrogens with one attached hydrogen (secondary N) is 2. The molecule has 172 valence electrons. The van der Waals surface area contributed by atoms with Crippen LogP contribution in [0.1, 0.15) is 35.2 Å². The summed E-state index contributed by atoms with van der Waals surface area (Å²) in [5, 5.41) is 6.48. The number of rotatable bonds is 10. The average molecular weight is 473 g/mol. The highest BCUT2D eigenvalue weighted by Gasteiger charge is 2.35. The van der Waals surface area contributed by atoms with E-state index in [1.54, 1.807) is 0 Å². The Balaban J connectivity index is 1.55. The Morgan fingerprint density at radius 3 is 1.41 bits per heavy atom. The van der Waals surface area contributed by atoms with Crippen molar-refractivity contribution in [2.24, 2.45) is 0 Å². The van der Waals surface area contributed by atoms with Crippen molar-refractivity contribution in [3.05, 3.63) is 120 Å². The standard InChI is InChI=1S/C26H26N4O3P/c1-19-11-9-17-23(27-19)25(29-21-13-5-3-6-14-21)32-34(31)33-26(24-18-10-12-20(2)28-24)30-22-15-7-4-8-16-22/h3-18,25-26,29-30H,1-2H3/q+1. The SMILES string of the molecule is Cc1cccc(C(Nc2ccccc2)O[P+](=O)OC(Nc2ccccc2)c2cccc(C)n2)n1. The molecule has 2 aromatic heterocycles. The van der Waals surface area contributed by atoms with Gasteiger partial charge in [0.25, 0.3) is 0 Å². The molecule has 2 N–H and O–H groups in total. The Morgan fingerprint density at radius 1 is 0.618 bits per heavy atom. The Bertz CT molecular complexity index is 1130. The van der Waals surface area contributed by atoms with E-state index in [4.69, 9.17) is 9.05 Å². The van der Waals surface area contributed by atoms with E-state index in [-0.39, 0.29) is 0 Å². The van der Waals surface area contributed by atoms with E-state index in [1.807, 2.05) is 111 Å². The van der Waals surface area contributed by atoms with Crippen LogP contribution in [0.2, 0.25) is 0 Å². The van der Waals surface area contributed by atoms with E-state index in [2.05, 4.69) is 20.6 Å². The lowest BCUT2D eigenvalue weighted by atomic mass is 10.2. The lowest BCUT2D eigenvalue weighted by molar-refractivity contribution is 0.149. The van der Waals surface area contributed by atoms with Gasteiger partial charge in [0, 0.05) is 27.3 Å². The van der Waals surface area contributed by atoms with Gasteiger partial charge >= 0.3 is 8.25 Å². The van der Waals surface area contributed by atoms with Crippen molar-refractivity contribution in [2.75, 3.05) is 10.6 Å². The molecule has 0 bridgehead atoms. The predicted octanol–water partition coefficient (Wildman–Crippen LogP) is 6.71. The summed E-state index contributed by atoms with van der Waals surface area (Å²) in [6, 6.07) is 30.2. The fourth-order valence-electron chi connectivity index (χ4n) is 3.30. The third-order valence-electron chi connectivity index (χ3n) is 4.88. The molecule has 0 aliphatic rings. The maximum atomic E-state index is 13.1. The molecule has 4 aromatic rings. The first-order valence-corrected chi connectivity index (χ1v) is 12.0. The molecule has 2 unspecified atom stereocenters. The van der Waals surface area contributed by atoms with Gasteiger partial charge in [0.05, 0.1) is 11.4 Å². The highest BCUT2D eigenvalue weighted by Crippen LogP contribution is 2.38. The Kier molecular flexibility index (Phi) is 7.94. The molecule has 0 aliphatic heterocycles. The van der Waals surface area contributed by atoms with Crippen molar-refractivity contribution in [1.29, 1.82) is 0 Å². The van der Waals surface area contributed by atoms with Crippen molar-refractivity contribution in [2.45, 2.75) is 26.3 Å². The number of para-hydroxylation sites is 2. The number of nitrogens with zero attached hydrogens (tertiary/aromatic N) is 2. The van der Waals surface area contributed by atoms with Gasteiger partial charge in [-0.3, -0.25) is 9.97 Å². The Hall–Kier alpha value is -3.64. The Morgan fingerprint density at radius 2 is 1.03 bits per heavy atom. The van der Waals surface area contributed by atoms with Gasteiger partial charge in [-0.2, -0.15) is 0 Å². The van der Waals surface area contributed by atoms with Crippen LogP contribution in [0.15, 0.2) is 97.1 Å². The van der Waals surface area contributed by atoms with Crippen LogP contribution in [-0.2, 0) is 13.6 Å². The van der Waals surface area contributed by atoms with Crippen LogP contribution in [0.5, 0.6) is 0 Å². The molecule has 4 rings (SSSR count). The van der Waals surface area contributed by atoms with Crippen LogP contribution < -0.4 is 10.6 Å². The van der Waals surface area contributed by atoms with Gasteiger partial charge in [0.15, 0.2) is 0 Å². The van der Waals surface area contributed by atoms with E-state index in [1.165, 1.54) is 0 Å². The highest BCUT2D eigenvalue weighted by atomic mass is 31.1. The largest absolute Gasteiger partial charge is 0.702 e. The third-order valence-corrected chi connectivity index (χ3v) is 5.65. The molecule has 2 heterocycles. The summed E-state index contributed by atoms with van der Waals surface area (Å²) in [6.07, 6.45) is -1.57. The number of benzene rings is 2. The second kappa shape index (κ2) is 11.5. The molecule has 0 radical (unpaired) electrons. The van der Waals surface area contributed by atoms with Crippen molar-refractivity contribution < 1.29 is 13.6 Å². The predicted molar refractivity (Wildman–Crippen MR) is 133 cm³/mol. The first kappa shape index (κ1) is 23.5. The maximum absolute atomic E-state index is 13.1. The highest BCUT2D eigenvalue weighted by molar-refractivity contribution is 7.33. The van der Waals surface area contributed by atoms with Crippen LogP contribution in [0.3, 0.4) is 0 Å². The third kappa shape index (κ3) is 6.68. The van der Waals surface area contributed by atoms with Crippen molar-refractivity contribution in [3.63, 3.8) is 0 Å². The number of anilines is 2. The zero-order valence-electron chi connectivity index (χ0n) is 19.0. The molecule has 2 aromatic carbocycles. The number of pyridine rings is 2. The quantitative estimate of drug-likeness (QED) is 0.196. The van der Waals surface area contributed by atoms with Gasteiger partial charge < -0.3 is 10.6 Å². The van der Waals surface area contributed by atoms with Crippen molar-refractivity contribution in [3.8, 4) is 0 Å². The number of aromatic nitrogens is 2. The topological polar surface area (TPSA) is 85.4 Å². The summed E-state index contributed by atoms with van der Waals surface area (Å²) in [5.74, 6) is 0. The molecule has 2 atom stereocenters. The molecule has 0 aliphatic carbocycles. The fourth-order valence-corrected chi connectivity index (χ4v) is 4.01. The smallest absolute Gasteiger partial charge is 0.351 e. The van der Waals surface area contributed by atoms with Crippen molar-refractivity contribution in [1.82, 2.24) is 9.97 Å². The van der Waals surface area contributed by atoms with Gasteiger partial charge in [-0.05, 0) is 62.4 Å². The minimum Gasteiger partial charge on any atom is -0.351 e. The molecule has 0 saturated heterocycles. The van der Waals surface area contributed by atoms with Gasteiger partial charge in [0.2, 0.25) is 12.5 Å². The van der Waals surface area contributed by atoms with Gasteiger partial charge in [-0.15, -0.1) is 0 Å². The lowest BCUT2D eigenvalue weighted by Crippen LogP contribution is -2.17. The monoisotopic (exact) mass is 473 g/mol. The summed E-state index contributed by atoms with van der Waals surface area (Å²) < 4.78 is 24.9. The molecule has 0 fully saturated rings. The summed E-state index contributed by atoms with van der Waals surface area (Å²) in [7, 11) is -2.57. The first-order chi connectivity index (χ1) is 16.6. The lowest BCUT2D eigenvalue weighted by Gasteiger charge is -2.17. The summed E-state index contributed by atoms with van der Waals surface area (Å²) in [4.78, 5) is 9.08. The van der Waals surface area contributed by atoms with Crippen molar-refractivity contribution >= 4 is 19.6 Å². The fraction of sp³-hybridized carbons (Fsp3) is 0.154. The second-order valence-electron chi connectivity index (χ2n) is 7.62. The molecule has 0 spiro atoms. The van der Waals surface area contributed by atoms with E-state index in [9.17, 15) is 4.57 Å². The normalized spacial score (nSPS) is 13.1. The van der Waals surface area contributed by atoms with Crippen LogP contribution in [0.25, 0.3) is 0 Å². The van der Waals surface area contributed by atoms with Crippen LogP contribution in [-0.4, -0.2) is 9.97 Å². The van der Waals surface area contributed by atoms with E-state index in [0.717, 1.165) is 22.8 Å². The second-order valence-corrected chi connectivity index (χ2v) is 8.49. The zero-order chi connectivity index (χ0) is 23.8. The van der Waals surface area contributed by atoms with E-state index >= 15 is 0 Å². The average Bonchev–Trinajstić information content (AvgIpc) is 2.84. The number of hydrogen-bond acceptors (Lipinski definition) is 7. The molecular weight excluding hydrogens is 447 g/mol. The van der Waals surface area contributed by atoms with Gasteiger partial charge in [-0.1, -0.05) is 57.6 Å². The minimum absolute atomic E-state index is 0.594. The summed E-state index contributed by atoms with van der Waals surface area (Å²) in [5.41, 5.74) is 4.44. The summed E-state index contributed by atoms with van der Waals surface area (Å²) >= 11 is 0. The van der Waals surface area contributed by atoms with E-state index in [0.29, 0.717) is 11.4 Å². The molecule has 7 nitrogen and oxygen atoms in total. The minimum atomic E-state index is -2.57. The number of hydrogen-bond donors (Lipinski definition) is 2. The maximum Gasteiger partial charge on any atom is 0.702 e. The van der Waals surface area contributed by atoms with Crippen LogP contribution in [0.4, 0.5) is 11.4 Å². The van der Waals surface area contributed by atoms with Gasteiger partial charge in [0.1, 0.15) is 0 Å². The van der Waals surface area contributed by atoms with Crippen LogP contribution >= 0.6 is 8.25 Å². The van der Waals surface area contributed by atoms with Crippen LogP contribution in [0, 0.1) is 13.8 Å². The first-order valence-electron chi connectivity index (χ1n) is 10.9. The summed E-state index contributed by atoms with van der Waals surface area (Å²) in [6.45, 7) is 3.78. The molecular formula is C26H26N4O3P+. The number of aryl methyl sites for hydroxylation is 2. The Labute approximate surface area is 200 Å². The molecule has 0 amide bonds. The zero-order valence-corrected chi connectivity index (χ0v) is 19.9. The van der Waals surface area contributed by atoms with Gasteiger partial charge in [-0.25, -0.2) is 0 Å². The van der Waals surface area contributed by atoms with E-state index < -0.39 is 20.7 Å².